The highest BCUT2D eigenvalue weighted by molar-refractivity contribution is 9.10. The number of anilines is 1. The van der Waals surface area contributed by atoms with Gasteiger partial charge in [0.2, 0.25) is 0 Å². The zero-order chi connectivity index (χ0) is 20.7. The summed E-state index contributed by atoms with van der Waals surface area (Å²) < 4.78 is 2.60. The monoisotopic (exact) mass is 455 g/mol. The highest BCUT2D eigenvalue weighted by atomic mass is 79.9. The van der Waals surface area contributed by atoms with E-state index in [4.69, 9.17) is 0 Å². The number of halogens is 1. The van der Waals surface area contributed by atoms with Crippen molar-refractivity contribution in [3.05, 3.63) is 62.8 Å². The first kappa shape index (κ1) is 19.6. The fourth-order valence-electron chi connectivity index (χ4n) is 4.03. The molecule has 4 rings (SSSR count). The fraction of sp³-hybridized carbons (Fsp3) is 0.333. The summed E-state index contributed by atoms with van der Waals surface area (Å²) >= 11 is 3.35. The Kier molecular flexibility index (Phi) is 5.12. The molecule has 0 aromatic carbocycles. The molecule has 29 heavy (non-hydrogen) atoms. The van der Waals surface area contributed by atoms with Crippen LogP contribution in [-0.4, -0.2) is 26.5 Å². The third-order valence-corrected chi connectivity index (χ3v) is 6.04. The van der Waals surface area contributed by atoms with Crippen molar-refractivity contribution < 1.29 is 9.59 Å². The standard InChI is InChI=1S/C21H22BrN5O2/c1-11-18(21(29)26-17-8-7-13(22)9-23-17)19(14-10-24-27(3)12(14)2)20-15(25-11)5-4-6-16(20)28/h7-10,19,25H,4-6H2,1-3H3,(H,23,26,29)/t19-/m1/s1. The Bertz CT molecular complexity index is 1070. The first-order valence-electron chi connectivity index (χ1n) is 9.52. The van der Waals surface area contributed by atoms with Gasteiger partial charge in [-0.15, -0.1) is 0 Å². The second-order valence-corrected chi connectivity index (χ2v) is 8.31. The minimum absolute atomic E-state index is 0.0894. The maximum atomic E-state index is 13.3. The summed E-state index contributed by atoms with van der Waals surface area (Å²) in [6.07, 6.45) is 5.51. The summed E-state index contributed by atoms with van der Waals surface area (Å²) in [7, 11) is 1.86. The fourth-order valence-corrected chi connectivity index (χ4v) is 4.26. The van der Waals surface area contributed by atoms with Gasteiger partial charge in [-0.05, 0) is 54.8 Å². The molecule has 0 spiro atoms. The van der Waals surface area contributed by atoms with Crippen molar-refractivity contribution >= 4 is 33.4 Å². The van der Waals surface area contributed by atoms with Gasteiger partial charge in [-0.1, -0.05) is 0 Å². The van der Waals surface area contributed by atoms with Gasteiger partial charge < -0.3 is 10.6 Å². The Morgan fingerprint density at radius 3 is 2.72 bits per heavy atom. The van der Waals surface area contributed by atoms with E-state index in [1.807, 2.05) is 27.0 Å². The van der Waals surface area contributed by atoms with Crippen molar-refractivity contribution in [1.82, 2.24) is 20.1 Å². The van der Waals surface area contributed by atoms with E-state index in [1.165, 1.54) is 0 Å². The van der Waals surface area contributed by atoms with Crippen molar-refractivity contribution in [2.75, 3.05) is 5.32 Å². The van der Waals surface area contributed by atoms with Crippen LogP contribution < -0.4 is 10.6 Å². The van der Waals surface area contributed by atoms with Crippen LogP contribution in [0, 0.1) is 6.92 Å². The number of Topliss-reactive ketones (excluding diaryl/α,β-unsaturated/α-hetero) is 1. The van der Waals surface area contributed by atoms with Crippen molar-refractivity contribution in [1.29, 1.82) is 0 Å². The lowest BCUT2D eigenvalue weighted by atomic mass is 9.75. The van der Waals surface area contributed by atoms with E-state index < -0.39 is 5.92 Å². The number of ketones is 1. The minimum atomic E-state index is -0.441. The van der Waals surface area contributed by atoms with E-state index in [2.05, 4.69) is 36.6 Å². The lowest BCUT2D eigenvalue weighted by Crippen LogP contribution is -2.35. The number of hydrogen-bond donors (Lipinski definition) is 2. The van der Waals surface area contributed by atoms with Gasteiger partial charge in [0.1, 0.15) is 5.82 Å². The molecule has 1 atom stereocenters. The van der Waals surface area contributed by atoms with Gasteiger partial charge >= 0.3 is 0 Å². The van der Waals surface area contributed by atoms with E-state index in [9.17, 15) is 9.59 Å². The van der Waals surface area contributed by atoms with Crippen LogP contribution >= 0.6 is 15.9 Å². The van der Waals surface area contributed by atoms with Crippen LogP contribution in [0.1, 0.15) is 43.4 Å². The Balaban J connectivity index is 1.79. The highest BCUT2D eigenvalue weighted by Gasteiger charge is 2.39. The second kappa shape index (κ2) is 7.59. The first-order valence-corrected chi connectivity index (χ1v) is 10.3. The predicted octanol–water partition coefficient (Wildman–Crippen LogP) is 3.49. The molecular formula is C21H22BrN5O2. The van der Waals surface area contributed by atoms with E-state index in [0.29, 0.717) is 23.4 Å². The molecule has 150 valence electrons. The molecule has 0 radical (unpaired) electrons. The van der Waals surface area contributed by atoms with Crippen molar-refractivity contribution in [3.8, 4) is 0 Å². The first-order chi connectivity index (χ1) is 13.9. The topological polar surface area (TPSA) is 88.9 Å². The van der Waals surface area contributed by atoms with E-state index in [1.54, 1.807) is 23.1 Å². The van der Waals surface area contributed by atoms with Crippen LogP contribution in [0.25, 0.3) is 0 Å². The maximum Gasteiger partial charge on any atom is 0.255 e. The number of rotatable bonds is 3. The van der Waals surface area contributed by atoms with Gasteiger partial charge in [0.15, 0.2) is 5.78 Å². The van der Waals surface area contributed by atoms with Gasteiger partial charge in [0.25, 0.3) is 5.91 Å². The van der Waals surface area contributed by atoms with Crippen LogP contribution in [0.5, 0.6) is 0 Å². The van der Waals surface area contributed by atoms with Gasteiger partial charge in [-0.2, -0.15) is 5.10 Å². The number of aryl methyl sites for hydroxylation is 1. The highest BCUT2D eigenvalue weighted by Crippen LogP contribution is 2.43. The van der Waals surface area contributed by atoms with Crippen molar-refractivity contribution in [2.45, 2.75) is 39.0 Å². The number of carbonyl (C=O) groups is 2. The van der Waals surface area contributed by atoms with Crippen LogP contribution in [-0.2, 0) is 16.6 Å². The summed E-state index contributed by atoms with van der Waals surface area (Å²) in [5.74, 6) is -0.173. The molecule has 8 heteroatoms. The van der Waals surface area contributed by atoms with Crippen LogP contribution in [0.2, 0.25) is 0 Å². The molecule has 1 aliphatic carbocycles. The van der Waals surface area contributed by atoms with Crippen LogP contribution in [0.3, 0.4) is 0 Å². The Morgan fingerprint density at radius 1 is 1.28 bits per heavy atom. The number of amides is 1. The molecule has 2 aromatic rings. The summed E-state index contributed by atoms with van der Waals surface area (Å²) in [6, 6.07) is 3.55. The van der Waals surface area contributed by atoms with Crippen molar-refractivity contribution in [3.63, 3.8) is 0 Å². The summed E-state index contributed by atoms with van der Waals surface area (Å²) in [5, 5.41) is 10.6. The number of pyridine rings is 1. The molecule has 1 aliphatic heterocycles. The molecule has 2 aromatic heterocycles. The number of dihydropyridines is 1. The molecule has 0 bridgehead atoms. The molecule has 2 aliphatic rings. The third-order valence-electron chi connectivity index (χ3n) is 5.57. The van der Waals surface area contributed by atoms with Gasteiger partial charge in [-0.25, -0.2) is 4.98 Å². The predicted molar refractivity (Wildman–Crippen MR) is 113 cm³/mol. The largest absolute Gasteiger partial charge is 0.362 e. The summed E-state index contributed by atoms with van der Waals surface area (Å²) in [6.45, 7) is 3.84. The Labute approximate surface area is 177 Å². The quantitative estimate of drug-likeness (QED) is 0.738. The number of aromatic nitrogens is 3. The third kappa shape index (κ3) is 3.53. The average Bonchev–Trinajstić information content (AvgIpc) is 3.01. The maximum absolute atomic E-state index is 13.3. The lowest BCUT2D eigenvalue weighted by Gasteiger charge is -2.34. The second-order valence-electron chi connectivity index (χ2n) is 7.39. The Morgan fingerprint density at radius 2 is 2.07 bits per heavy atom. The number of nitrogens with zero attached hydrogens (tertiary/aromatic N) is 3. The zero-order valence-electron chi connectivity index (χ0n) is 16.5. The van der Waals surface area contributed by atoms with Crippen molar-refractivity contribution in [2.24, 2.45) is 7.05 Å². The number of nitrogens with one attached hydrogen (secondary N) is 2. The number of allylic oxidation sites excluding steroid dienone is 3. The van der Waals surface area contributed by atoms with E-state index >= 15 is 0 Å². The zero-order valence-corrected chi connectivity index (χ0v) is 18.1. The molecule has 3 heterocycles. The van der Waals surface area contributed by atoms with E-state index in [-0.39, 0.29) is 11.7 Å². The Hall–Kier alpha value is -2.74. The van der Waals surface area contributed by atoms with E-state index in [0.717, 1.165) is 40.0 Å². The number of carbonyl (C=O) groups excluding carboxylic acids is 2. The minimum Gasteiger partial charge on any atom is -0.362 e. The molecular weight excluding hydrogens is 434 g/mol. The molecule has 0 unspecified atom stereocenters. The van der Waals surface area contributed by atoms with Gasteiger partial charge in [-0.3, -0.25) is 14.3 Å². The summed E-state index contributed by atoms with van der Waals surface area (Å²) in [5.41, 5.74) is 4.70. The SMILES string of the molecule is CC1=C(C(=O)Nc2ccc(Br)cn2)[C@@H](c2cnn(C)c2C)C2=C(CCCC2=O)N1. The van der Waals surface area contributed by atoms with Gasteiger partial charge in [0.05, 0.1) is 6.20 Å². The number of hydrogen-bond acceptors (Lipinski definition) is 5. The molecule has 0 saturated carbocycles. The summed E-state index contributed by atoms with van der Waals surface area (Å²) in [4.78, 5) is 30.5. The smallest absolute Gasteiger partial charge is 0.255 e. The molecule has 2 N–H and O–H groups in total. The lowest BCUT2D eigenvalue weighted by molar-refractivity contribution is -0.116. The van der Waals surface area contributed by atoms with Gasteiger partial charge in [0, 0.05) is 63.9 Å². The van der Waals surface area contributed by atoms with Crippen LogP contribution in [0.15, 0.2) is 51.5 Å². The molecule has 1 amide bonds. The normalized spacial score (nSPS) is 19.2. The van der Waals surface area contributed by atoms with Crippen LogP contribution in [0.4, 0.5) is 5.82 Å². The molecule has 7 nitrogen and oxygen atoms in total. The average molecular weight is 456 g/mol. The molecule has 0 saturated heterocycles. The molecule has 0 fully saturated rings.